The maximum atomic E-state index is 11.9. The van der Waals surface area contributed by atoms with Gasteiger partial charge in [0.2, 0.25) is 5.82 Å². The van der Waals surface area contributed by atoms with E-state index < -0.39 is 0 Å². The summed E-state index contributed by atoms with van der Waals surface area (Å²) in [5.74, 6) is 3.14. The lowest BCUT2D eigenvalue weighted by molar-refractivity contribution is 0.101. The minimum absolute atomic E-state index is 0.120. The van der Waals surface area contributed by atoms with E-state index in [-0.39, 0.29) is 17.6 Å². The summed E-state index contributed by atoms with van der Waals surface area (Å²) in [4.78, 5) is 16.1. The molecule has 0 fully saturated rings. The standard InChI is InChI=1S/C14H14N4O/c1-4-10-6-5-7-11(8-10)15-14(19)13-16-12(9(2)3)17-18-13/h1,5-9H,2-3H3,(H,15,19)(H,16,17,18). The first-order chi connectivity index (χ1) is 9.10. The molecule has 1 aromatic heterocycles. The van der Waals surface area contributed by atoms with Gasteiger partial charge < -0.3 is 5.32 Å². The topological polar surface area (TPSA) is 70.7 Å². The Morgan fingerprint density at radius 1 is 1.47 bits per heavy atom. The molecule has 96 valence electrons. The molecular formula is C14H14N4O. The van der Waals surface area contributed by atoms with E-state index in [0.717, 1.165) is 0 Å². The smallest absolute Gasteiger partial charge is 0.295 e. The summed E-state index contributed by atoms with van der Waals surface area (Å²) in [6.07, 6.45) is 5.30. The van der Waals surface area contributed by atoms with Crippen LogP contribution >= 0.6 is 0 Å². The maximum Gasteiger partial charge on any atom is 0.295 e. The van der Waals surface area contributed by atoms with Crippen molar-refractivity contribution in [1.82, 2.24) is 15.2 Å². The average Bonchev–Trinajstić information content (AvgIpc) is 2.89. The van der Waals surface area contributed by atoms with E-state index in [1.807, 2.05) is 13.8 Å². The average molecular weight is 254 g/mol. The lowest BCUT2D eigenvalue weighted by Gasteiger charge is -2.02. The van der Waals surface area contributed by atoms with E-state index >= 15 is 0 Å². The molecule has 5 heteroatoms. The molecule has 2 rings (SSSR count). The number of terminal acetylenes is 1. The third-order valence-electron chi connectivity index (χ3n) is 2.54. The lowest BCUT2D eigenvalue weighted by Crippen LogP contribution is -2.13. The first kappa shape index (κ1) is 12.8. The molecule has 0 spiro atoms. The molecule has 0 bridgehead atoms. The number of carbonyl (C=O) groups is 1. The second kappa shape index (κ2) is 5.36. The molecule has 0 atom stereocenters. The van der Waals surface area contributed by atoms with Crippen LogP contribution < -0.4 is 5.32 Å². The number of aromatic nitrogens is 3. The number of anilines is 1. The highest BCUT2D eigenvalue weighted by molar-refractivity contribution is 6.01. The number of H-pyrrole nitrogens is 1. The Hall–Kier alpha value is -2.61. The minimum Gasteiger partial charge on any atom is -0.319 e. The van der Waals surface area contributed by atoms with Gasteiger partial charge in [-0.05, 0) is 18.2 Å². The van der Waals surface area contributed by atoms with E-state index in [0.29, 0.717) is 17.1 Å². The molecule has 0 aliphatic heterocycles. The van der Waals surface area contributed by atoms with Crippen LogP contribution in [-0.2, 0) is 0 Å². The number of nitrogens with zero attached hydrogens (tertiary/aromatic N) is 2. The predicted molar refractivity (Wildman–Crippen MR) is 72.8 cm³/mol. The van der Waals surface area contributed by atoms with Crippen LogP contribution in [0.25, 0.3) is 0 Å². The summed E-state index contributed by atoms with van der Waals surface area (Å²) in [5, 5.41) is 9.33. The Morgan fingerprint density at radius 3 is 2.89 bits per heavy atom. The van der Waals surface area contributed by atoms with Crippen molar-refractivity contribution >= 4 is 11.6 Å². The third-order valence-corrected chi connectivity index (χ3v) is 2.54. The fraction of sp³-hybridized carbons (Fsp3) is 0.214. The van der Waals surface area contributed by atoms with Gasteiger partial charge in [0, 0.05) is 17.2 Å². The van der Waals surface area contributed by atoms with E-state index in [1.54, 1.807) is 24.3 Å². The van der Waals surface area contributed by atoms with Crippen molar-refractivity contribution in [3.05, 3.63) is 41.5 Å². The third kappa shape index (κ3) is 2.99. The van der Waals surface area contributed by atoms with Crippen LogP contribution in [0, 0.1) is 12.3 Å². The maximum absolute atomic E-state index is 11.9. The van der Waals surface area contributed by atoms with Crippen LogP contribution in [0.4, 0.5) is 5.69 Å². The molecule has 0 aliphatic rings. The summed E-state index contributed by atoms with van der Waals surface area (Å²) in [5.41, 5.74) is 1.33. The number of hydrogen-bond donors (Lipinski definition) is 2. The van der Waals surface area contributed by atoms with Crippen molar-refractivity contribution in [1.29, 1.82) is 0 Å². The highest BCUT2D eigenvalue weighted by Gasteiger charge is 2.14. The van der Waals surface area contributed by atoms with Gasteiger partial charge in [0.25, 0.3) is 5.91 Å². The monoisotopic (exact) mass is 254 g/mol. The van der Waals surface area contributed by atoms with Gasteiger partial charge in [-0.25, -0.2) is 4.98 Å². The number of rotatable bonds is 3. The van der Waals surface area contributed by atoms with Gasteiger partial charge in [-0.2, -0.15) is 0 Å². The van der Waals surface area contributed by atoms with Gasteiger partial charge >= 0.3 is 0 Å². The van der Waals surface area contributed by atoms with Crippen molar-refractivity contribution in [2.75, 3.05) is 5.32 Å². The van der Waals surface area contributed by atoms with Crippen molar-refractivity contribution in [2.24, 2.45) is 0 Å². The normalized spacial score (nSPS) is 10.2. The highest BCUT2D eigenvalue weighted by Crippen LogP contribution is 2.12. The van der Waals surface area contributed by atoms with Crippen LogP contribution in [0.1, 0.15) is 41.8 Å². The predicted octanol–water partition coefficient (Wildman–Crippen LogP) is 2.16. The van der Waals surface area contributed by atoms with E-state index in [4.69, 9.17) is 6.42 Å². The largest absolute Gasteiger partial charge is 0.319 e. The van der Waals surface area contributed by atoms with E-state index in [9.17, 15) is 4.79 Å². The Labute approximate surface area is 111 Å². The Balaban J connectivity index is 2.14. The number of benzene rings is 1. The van der Waals surface area contributed by atoms with Crippen molar-refractivity contribution in [3.63, 3.8) is 0 Å². The summed E-state index contributed by atoms with van der Waals surface area (Å²) >= 11 is 0. The molecule has 0 unspecified atom stereocenters. The molecule has 2 N–H and O–H groups in total. The number of nitrogens with one attached hydrogen (secondary N) is 2. The number of amides is 1. The van der Waals surface area contributed by atoms with Crippen molar-refractivity contribution in [3.8, 4) is 12.3 Å². The van der Waals surface area contributed by atoms with E-state index in [1.165, 1.54) is 0 Å². The highest BCUT2D eigenvalue weighted by atomic mass is 16.2. The first-order valence-electron chi connectivity index (χ1n) is 5.90. The van der Waals surface area contributed by atoms with Crippen molar-refractivity contribution in [2.45, 2.75) is 19.8 Å². The van der Waals surface area contributed by atoms with Gasteiger partial charge in [-0.15, -0.1) is 11.5 Å². The van der Waals surface area contributed by atoms with Gasteiger partial charge in [0.1, 0.15) is 5.82 Å². The van der Waals surface area contributed by atoms with Crippen LogP contribution in [0.2, 0.25) is 0 Å². The number of aromatic amines is 1. The molecule has 1 heterocycles. The summed E-state index contributed by atoms with van der Waals surface area (Å²) in [6.45, 7) is 3.94. The zero-order chi connectivity index (χ0) is 13.8. The molecule has 2 aromatic rings. The van der Waals surface area contributed by atoms with Gasteiger partial charge in [0.15, 0.2) is 0 Å². The second-order valence-electron chi connectivity index (χ2n) is 4.38. The molecule has 1 aromatic carbocycles. The van der Waals surface area contributed by atoms with E-state index in [2.05, 4.69) is 26.4 Å². The second-order valence-corrected chi connectivity index (χ2v) is 4.38. The van der Waals surface area contributed by atoms with Crippen molar-refractivity contribution < 1.29 is 4.79 Å². The Bertz CT molecular complexity index is 637. The molecule has 0 aliphatic carbocycles. The lowest BCUT2D eigenvalue weighted by atomic mass is 10.2. The molecule has 19 heavy (non-hydrogen) atoms. The summed E-state index contributed by atoms with van der Waals surface area (Å²) < 4.78 is 0. The Morgan fingerprint density at radius 2 is 2.26 bits per heavy atom. The molecule has 5 nitrogen and oxygen atoms in total. The van der Waals surface area contributed by atoms with Gasteiger partial charge in [-0.3, -0.25) is 9.89 Å². The van der Waals surface area contributed by atoms with Gasteiger partial charge in [0.05, 0.1) is 0 Å². The van der Waals surface area contributed by atoms with Crippen LogP contribution in [0.3, 0.4) is 0 Å². The van der Waals surface area contributed by atoms with Gasteiger partial charge in [-0.1, -0.05) is 25.8 Å². The fourth-order valence-electron chi connectivity index (χ4n) is 1.51. The van der Waals surface area contributed by atoms with Crippen LogP contribution in [0.15, 0.2) is 24.3 Å². The summed E-state index contributed by atoms with van der Waals surface area (Å²) in [7, 11) is 0. The SMILES string of the molecule is C#Cc1cccc(NC(=O)c2n[nH]c(C(C)C)n2)c1. The zero-order valence-corrected chi connectivity index (χ0v) is 10.8. The minimum atomic E-state index is -0.364. The number of carbonyl (C=O) groups excluding carboxylic acids is 1. The quantitative estimate of drug-likeness (QED) is 0.824. The van der Waals surface area contributed by atoms with Crippen LogP contribution in [0.5, 0.6) is 0 Å². The Kier molecular flexibility index (Phi) is 3.62. The molecule has 0 saturated heterocycles. The zero-order valence-electron chi connectivity index (χ0n) is 10.8. The molecule has 1 amide bonds. The molecule has 0 radical (unpaired) electrons. The first-order valence-corrected chi connectivity index (χ1v) is 5.90. The van der Waals surface area contributed by atoms with Crippen LogP contribution in [-0.4, -0.2) is 21.1 Å². The number of hydrogen-bond acceptors (Lipinski definition) is 3. The molecule has 0 saturated carbocycles. The fourth-order valence-corrected chi connectivity index (χ4v) is 1.51. The summed E-state index contributed by atoms with van der Waals surface area (Å²) in [6, 6.07) is 7.05. The molecular weight excluding hydrogens is 240 g/mol.